The van der Waals surface area contributed by atoms with Gasteiger partial charge in [0, 0.05) is 33.1 Å². The number of halogens is 2. The molecule has 8 heteroatoms. The van der Waals surface area contributed by atoms with Gasteiger partial charge in [-0.1, -0.05) is 33.4 Å². The van der Waals surface area contributed by atoms with Crippen LogP contribution in [-0.2, 0) is 9.59 Å². The Balaban J connectivity index is 1.85. The summed E-state index contributed by atoms with van der Waals surface area (Å²) in [7, 11) is 1.44. The van der Waals surface area contributed by atoms with Gasteiger partial charge in [-0.05, 0) is 54.4 Å². The molecular weight excluding hydrogens is 438 g/mol. The van der Waals surface area contributed by atoms with Crippen LogP contribution in [0.4, 0.5) is 8.78 Å². The summed E-state index contributed by atoms with van der Waals surface area (Å²) in [4.78, 5) is 26.9. The quantitative estimate of drug-likeness (QED) is 0.461. The van der Waals surface area contributed by atoms with Gasteiger partial charge in [0.2, 0.25) is 11.8 Å². The largest absolute Gasteiger partial charge is 0.352 e. The summed E-state index contributed by atoms with van der Waals surface area (Å²) in [5, 5.41) is 10.6. The zero-order chi connectivity index (χ0) is 25.3. The number of allylic oxidation sites excluding steroid dienone is 2. The maximum absolute atomic E-state index is 14.4. The fraction of sp³-hybridized carbons (Fsp3) is 0.538. The molecule has 2 amide bonds. The van der Waals surface area contributed by atoms with Gasteiger partial charge in [0.1, 0.15) is 11.6 Å². The summed E-state index contributed by atoms with van der Waals surface area (Å²) >= 11 is 0. The lowest BCUT2D eigenvalue weighted by Gasteiger charge is -2.43. The first-order valence-electron chi connectivity index (χ1n) is 11.6. The highest BCUT2D eigenvalue weighted by atomic mass is 19.1. The summed E-state index contributed by atoms with van der Waals surface area (Å²) < 4.78 is 28.9. The Kier molecular flexibility index (Phi) is 7.38. The number of nitrogens with zero attached hydrogens (tertiary/aromatic N) is 3. The number of amides is 2. The molecule has 0 bridgehead atoms. The van der Waals surface area contributed by atoms with Crippen LogP contribution in [0.2, 0.25) is 0 Å². The van der Waals surface area contributed by atoms with Crippen molar-refractivity contribution in [1.29, 1.82) is 0 Å². The highest BCUT2D eigenvalue weighted by Crippen LogP contribution is 2.59. The number of benzene rings is 1. The van der Waals surface area contributed by atoms with E-state index in [2.05, 4.69) is 22.1 Å². The van der Waals surface area contributed by atoms with Gasteiger partial charge < -0.3 is 10.2 Å². The van der Waals surface area contributed by atoms with Crippen molar-refractivity contribution in [3.63, 3.8) is 0 Å². The Hall–Kier alpha value is -2.90. The molecule has 34 heavy (non-hydrogen) atoms. The van der Waals surface area contributed by atoms with E-state index in [0.717, 1.165) is 6.42 Å². The van der Waals surface area contributed by atoms with E-state index in [9.17, 15) is 18.4 Å². The van der Waals surface area contributed by atoms with Crippen molar-refractivity contribution in [2.45, 2.75) is 53.0 Å². The smallest absolute Gasteiger partial charge is 0.229 e. The molecule has 3 atom stereocenters. The van der Waals surface area contributed by atoms with Crippen LogP contribution >= 0.6 is 0 Å². The third kappa shape index (κ3) is 4.68. The predicted octanol–water partition coefficient (Wildman–Crippen LogP) is 5.12. The van der Waals surface area contributed by atoms with Crippen molar-refractivity contribution in [2.24, 2.45) is 27.0 Å². The molecule has 3 rings (SSSR count). The van der Waals surface area contributed by atoms with E-state index < -0.39 is 22.5 Å². The predicted molar refractivity (Wildman–Crippen MR) is 128 cm³/mol. The van der Waals surface area contributed by atoms with Gasteiger partial charge in [-0.25, -0.2) is 8.78 Å². The molecule has 1 aliphatic carbocycles. The second-order valence-corrected chi connectivity index (χ2v) is 10.1. The molecule has 0 aromatic heterocycles. The molecule has 0 spiro atoms. The van der Waals surface area contributed by atoms with Gasteiger partial charge in [0.05, 0.1) is 16.7 Å². The molecule has 1 aliphatic heterocycles. The van der Waals surface area contributed by atoms with Gasteiger partial charge in [-0.15, -0.1) is 0 Å². The molecule has 1 saturated carbocycles. The zero-order valence-electron chi connectivity index (χ0n) is 20.6. The first-order valence-corrected chi connectivity index (χ1v) is 11.6. The summed E-state index contributed by atoms with van der Waals surface area (Å²) in [6.45, 7) is 12.9. The van der Waals surface area contributed by atoms with E-state index in [0.29, 0.717) is 31.5 Å². The van der Waals surface area contributed by atoms with Crippen LogP contribution in [-0.4, -0.2) is 42.9 Å². The number of rotatable bonds is 6. The first kappa shape index (κ1) is 25.7. The number of hydrogen-bond donors (Lipinski definition) is 1. The second kappa shape index (κ2) is 9.76. The van der Waals surface area contributed by atoms with Crippen LogP contribution in [0.1, 0.15) is 52.5 Å². The highest BCUT2D eigenvalue weighted by molar-refractivity contribution is 5.84. The molecule has 1 saturated heterocycles. The Morgan fingerprint density at radius 1 is 1.21 bits per heavy atom. The van der Waals surface area contributed by atoms with Crippen LogP contribution < -0.4 is 5.32 Å². The lowest BCUT2D eigenvalue weighted by Crippen LogP contribution is -2.49. The van der Waals surface area contributed by atoms with E-state index in [1.165, 1.54) is 32.2 Å². The average molecular weight is 473 g/mol. The molecule has 1 heterocycles. The third-order valence-corrected chi connectivity index (χ3v) is 7.78. The van der Waals surface area contributed by atoms with E-state index >= 15 is 0 Å². The van der Waals surface area contributed by atoms with Gasteiger partial charge in [0.25, 0.3) is 0 Å². The molecule has 1 aromatic carbocycles. The maximum atomic E-state index is 14.4. The van der Waals surface area contributed by atoms with Gasteiger partial charge in [0.15, 0.2) is 0 Å². The average Bonchev–Trinajstić information content (AvgIpc) is 3.29. The normalized spacial score (nSPS) is 26.8. The standard InChI is InChI=1S/C26H34F2N4O2/c1-16(14-22(31-29-6)23-20(27)8-7-9-21(23)28)19-10-12-26(5,25(19,3)4)24(34)32-13-11-18(15-32)30-17(2)33/h7-9,14,18-19H,1,10-13,15H2,2-6H3,(H,30,33)/b22-14-,31-29-/t18-,19+,26+/m0/s1. The Morgan fingerprint density at radius 3 is 2.44 bits per heavy atom. The number of nitrogens with one attached hydrogen (secondary N) is 1. The van der Waals surface area contributed by atoms with E-state index in [-0.39, 0.29) is 35.0 Å². The van der Waals surface area contributed by atoms with E-state index in [1.54, 1.807) is 6.08 Å². The van der Waals surface area contributed by atoms with Gasteiger partial charge in [-0.3, -0.25) is 9.59 Å². The summed E-state index contributed by atoms with van der Waals surface area (Å²) in [6.07, 6.45) is 3.69. The topological polar surface area (TPSA) is 74.1 Å². The summed E-state index contributed by atoms with van der Waals surface area (Å²) in [5.74, 6) is -1.56. The second-order valence-electron chi connectivity index (χ2n) is 10.1. The van der Waals surface area contributed by atoms with Crippen LogP contribution in [0, 0.1) is 28.4 Å². The Morgan fingerprint density at radius 2 is 1.85 bits per heavy atom. The minimum absolute atomic E-state index is 0.0270. The molecule has 1 N–H and O–H groups in total. The van der Waals surface area contributed by atoms with Crippen LogP contribution in [0.25, 0.3) is 5.70 Å². The van der Waals surface area contributed by atoms with E-state index in [4.69, 9.17) is 0 Å². The van der Waals surface area contributed by atoms with Crippen LogP contribution in [0.3, 0.4) is 0 Å². The number of likely N-dealkylation sites (tertiary alicyclic amines) is 1. The number of hydrogen-bond acceptors (Lipinski definition) is 4. The highest BCUT2D eigenvalue weighted by Gasteiger charge is 2.57. The lowest BCUT2D eigenvalue weighted by molar-refractivity contribution is -0.146. The number of carbonyl (C=O) groups is 2. The van der Waals surface area contributed by atoms with Crippen molar-refractivity contribution >= 4 is 17.5 Å². The van der Waals surface area contributed by atoms with Crippen LogP contribution in [0.5, 0.6) is 0 Å². The number of carbonyl (C=O) groups excluding carboxylic acids is 2. The van der Waals surface area contributed by atoms with Crippen molar-refractivity contribution in [3.8, 4) is 0 Å². The SMILES string of the molecule is C=C(/C=C(\N=N/C)c1c(F)cccc1F)[C@H]1CC[C@](C)(C(=O)N2CC[C@H](NC(C)=O)C2)C1(C)C. The molecule has 184 valence electrons. The van der Waals surface area contributed by atoms with Crippen molar-refractivity contribution in [2.75, 3.05) is 20.1 Å². The van der Waals surface area contributed by atoms with Crippen molar-refractivity contribution in [1.82, 2.24) is 10.2 Å². The monoisotopic (exact) mass is 472 g/mol. The third-order valence-electron chi connectivity index (χ3n) is 7.78. The molecule has 1 aromatic rings. The molecule has 6 nitrogen and oxygen atoms in total. The minimum atomic E-state index is -0.722. The molecular formula is C26H34F2N4O2. The van der Waals surface area contributed by atoms with E-state index in [1.807, 2.05) is 25.7 Å². The van der Waals surface area contributed by atoms with Gasteiger partial charge >= 0.3 is 0 Å². The first-order chi connectivity index (χ1) is 15.9. The molecule has 0 unspecified atom stereocenters. The van der Waals surface area contributed by atoms with Crippen molar-refractivity contribution < 1.29 is 18.4 Å². The number of azo groups is 1. The van der Waals surface area contributed by atoms with Gasteiger partial charge in [-0.2, -0.15) is 10.2 Å². The minimum Gasteiger partial charge on any atom is -0.352 e. The fourth-order valence-electron chi connectivity index (χ4n) is 5.51. The molecule has 0 radical (unpaired) electrons. The summed E-state index contributed by atoms with van der Waals surface area (Å²) in [5.41, 5.74) is -0.632. The lowest BCUT2D eigenvalue weighted by atomic mass is 9.63. The Labute approximate surface area is 200 Å². The molecule has 2 aliphatic rings. The Bertz CT molecular complexity index is 1030. The fourth-order valence-corrected chi connectivity index (χ4v) is 5.51. The molecule has 2 fully saturated rings. The van der Waals surface area contributed by atoms with Crippen LogP contribution in [0.15, 0.2) is 46.7 Å². The van der Waals surface area contributed by atoms with Crippen molar-refractivity contribution in [3.05, 3.63) is 53.6 Å². The summed E-state index contributed by atoms with van der Waals surface area (Å²) in [6, 6.07) is 3.63. The zero-order valence-corrected chi connectivity index (χ0v) is 20.6. The maximum Gasteiger partial charge on any atom is 0.229 e.